The second kappa shape index (κ2) is 5.31. The molecule has 1 atom stereocenters. The van der Waals surface area contributed by atoms with Gasteiger partial charge in [0.1, 0.15) is 0 Å². The highest BCUT2D eigenvalue weighted by Crippen LogP contribution is 2.22. The van der Waals surface area contributed by atoms with E-state index in [1.54, 1.807) is 18.2 Å². The molecule has 0 spiro atoms. The Labute approximate surface area is 103 Å². The Hall–Kier alpha value is -1.37. The number of ketones is 1. The summed E-state index contributed by atoms with van der Waals surface area (Å²) in [7, 11) is 0. The number of benzene rings is 1. The maximum Gasteiger partial charge on any atom is 0.451 e. The van der Waals surface area contributed by atoms with E-state index < -0.39 is 22.7 Å². The summed E-state index contributed by atoms with van der Waals surface area (Å²) in [6.07, 6.45) is -5.04. The van der Waals surface area contributed by atoms with Gasteiger partial charge in [-0.15, -0.1) is 0 Å². The van der Waals surface area contributed by atoms with Crippen molar-refractivity contribution in [2.24, 2.45) is 0 Å². The van der Waals surface area contributed by atoms with Crippen LogP contribution in [0.25, 0.3) is 0 Å². The van der Waals surface area contributed by atoms with Gasteiger partial charge < -0.3 is 5.32 Å². The van der Waals surface area contributed by atoms with E-state index in [1.807, 2.05) is 0 Å². The lowest BCUT2D eigenvalue weighted by molar-refractivity contribution is -0.170. The van der Waals surface area contributed by atoms with Crippen molar-refractivity contribution in [3.8, 4) is 0 Å². The van der Waals surface area contributed by atoms with Crippen molar-refractivity contribution in [1.82, 2.24) is 0 Å². The highest BCUT2D eigenvalue weighted by Gasteiger charge is 2.45. The molecule has 0 heterocycles. The van der Waals surface area contributed by atoms with Crippen LogP contribution < -0.4 is 5.32 Å². The molecule has 92 valence electrons. The summed E-state index contributed by atoms with van der Waals surface area (Å²) in [4.78, 5) is 20.1. The molecule has 0 radical (unpaired) electrons. The Balaban J connectivity index is 2.69. The molecule has 0 saturated heterocycles. The highest BCUT2D eigenvalue weighted by molar-refractivity contribution is 9.10. The lowest BCUT2D eigenvalue weighted by Crippen LogP contribution is -2.38. The first-order valence-electron chi connectivity index (χ1n) is 4.43. The number of anilines is 1. The van der Waals surface area contributed by atoms with Gasteiger partial charge in [-0.25, -0.2) is 0 Å². The molecule has 1 N–H and O–H groups in total. The topological polar surface area (TPSA) is 46.2 Å². The average molecular weight is 310 g/mol. The number of carbonyl (C=O) groups is 2. The van der Waals surface area contributed by atoms with Crippen molar-refractivity contribution < 1.29 is 22.8 Å². The Morgan fingerprint density at radius 3 is 2.18 bits per heavy atom. The Morgan fingerprint density at radius 2 is 1.71 bits per heavy atom. The maximum absolute atomic E-state index is 12.0. The van der Waals surface area contributed by atoms with Crippen LogP contribution in [0, 0.1) is 0 Å². The summed E-state index contributed by atoms with van der Waals surface area (Å²) >= 11 is 2.42. The summed E-state index contributed by atoms with van der Waals surface area (Å²) < 4.78 is 36.1. The molecule has 0 saturated carbocycles. The van der Waals surface area contributed by atoms with Gasteiger partial charge in [-0.05, 0) is 12.1 Å². The minimum Gasteiger partial charge on any atom is -0.325 e. The molecule has 1 aromatic rings. The number of para-hydroxylation sites is 1. The van der Waals surface area contributed by atoms with Gasteiger partial charge in [-0.2, -0.15) is 13.2 Å². The number of Topliss-reactive ketones (excluding diaryl/α,β-unsaturated/α-hetero) is 1. The number of hydrogen-bond acceptors (Lipinski definition) is 2. The smallest absolute Gasteiger partial charge is 0.325 e. The van der Waals surface area contributed by atoms with E-state index in [9.17, 15) is 22.8 Å². The van der Waals surface area contributed by atoms with Crippen molar-refractivity contribution in [1.29, 1.82) is 0 Å². The highest BCUT2D eigenvalue weighted by atomic mass is 79.9. The standard InChI is InChI=1S/C10H7BrF3NO2/c11-7(8(16)10(12,13)14)9(17)15-6-4-2-1-3-5-6/h1-5,7H,(H,15,17)/t7-/m0/s1. The van der Waals surface area contributed by atoms with Crippen LogP contribution >= 0.6 is 15.9 Å². The van der Waals surface area contributed by atoms with Gasteiger partial charge in [0.25, 0.3) is 5.78 Å². The average Bonchev–Trinajstić information content (AvgIpc) is 2.27. The van der Waals surface area contributed by atoms with Crippen LogP contribution in [-0.4, -0.2) is 22.7 Å². The fraction of sp³-hybridized carbons (Fsp3) is 0.200. The second-order valence-corrected chi connectivity index (χ2v) is 4.00. The molecule has 0 aromatic heterocycles. The van der Waals surface area contributed by atoms with E-state index in [0.717, 1.165) is 0 Å². The zero-order chi connectivity index (χ0) is 13.1. The van der Waals surface area contributed by atoms with Crippen molar-refractivity contribution in [2.75, 3.05) is 5.32 Å². The summed E-state index contributed by atoms with van der Waals surface area (Å²) in [5.41, 5.74) is 0.317. The number of alkyl halides is 4. The van der Waals surface area contributed by atoms with Crippen LogP contribution in [0.5, 0.6) is 0 Å². The van der Waals surface area contributed by atoms with Crippen LogP contribution in [0.2, 0.25) is 0 Å². The third-order valence-corrected chi connectivity index (χ3v) is 2.61. The van der Waals surface area contributed by atoms with Crippen LogP contribution in [0.1, 0.15) is 0 Å². The SMILES string of the molecule is O=C(Nc1ccccc1)[C@@H](Br)C(=O)C(F)(F)F. The molecule has 3 nitrogen and oxygen atoms in total. The number of amides is 1. The van der Waals surface area contributed by atoms with E-state index in [2.05, 4.69) is 21.2 Å². The van der Waals surface area contributed by atoms with Gasteiger partial charge >= 0.3 is 6.18 Å². The monoisotopic (exact) mass is 309 g/mol. The Kier molecular flexibility index (Phi) is 4.28. The van der Waals surface area contributed by atoms with Gasteiger partial charge in [0.15, 0.2) is 4.83 Å². The first-order valence-corrected chi connectivity index (χ1v) is 5.35. The Bertz CT molecular complexity index is 419. The minimum absolute atomic E-state index is 0.317. The normalized spacial score (nSPS) is 12.9. The van der Waals surface area contributed by atoms with Gasteiger partial charge in [-0.1, -0.05) is 34.1 Å². The fourth-order valence-corrected chi connectivity index (χ4v) is 1.36. The van der Waals surface area contributed by atoms with Gasteiger partial charge in [-0.3, -0.25) is 9.59 Å². The molecule has 0 bridgehead atoms. The van der Waals surface area contributed by atoms with Crippen LogP contribution in [0.3, 0.4) is 0 Å². The zero-order valence-electron chi connectivity index (χ0n) is 8.29. The summed E-state index contributed by atoms with van der Waals surface area (Å²) in [5, 5.41) is 2.19. The number of rotatable bonds is 3. The van der Waals surface area contributed by atoms with Crippen molar-refractivity contribution in [3.63, 3.8) is 0 Å². The number of hydrogen-bond donors (Lipinski definition) is 1. The molecule has 1 aromatic carbocycles. The quantitative estimate of drug-likeness (QED) is 0.689. The largest absolute Gasteiger partial charge is 0.451 e. The fourth-order valence-electron chi connectivity index (χ4n) is 0.990. The lowest BCUT2D eigenvalue weighted by atomic mass is 10.2. The molecule has 17 heavy (non-hydrogen) atoms. The van der Waals surface area contributed by atoms with Crippen LogP contribution in [0.15, 0.2) is 30.3 Å². The minimum atomic E-state index is -5.04. The summed E-state index contributed by atoms with van der Waals surface area (Å²) in [6.45, 7) is 0. The molecule has 0 aliphatic heterocycles. The van der Waals surface area contributed by atoms with Crippen LogP contribution in [0.4, 0.5) is 18.9 Å². The van der Waals surface area contributed by atoms with E-state index in [1.165, 1.54) is 12.1 Å². The summed E-state index contributed by atoms with van der Waals surface area (Å²) in [6, 6.07) is 7.88. The number of carbonyl (C=O) groups excluding carboxylic acids is 2. The molecule has 0 fully saturated rings. The van der Waals surface area contributed by atoms with Crippen molar-refractivity contribution >= 4 is 33.3 Å². The molecular weight excluding hydrogens is 303 g/mol. The lowest BCUT2D eigenvalue weighted by Gasteiger charge is -2.11. The molecule has 1 rings (SSSR count). The molecule has 0 unspecified atom stereocenters. The third-order valence-electron chi connectivity index (χ3n) is 1.78. The zero-order valence-corrected chi connectivity index (χ0v) is 9.88. The molecule has 0 aliphatic carbocycles. The number of nitrogens with one attached hydrogen (secondary N) is 1. The van der Waals surface area contributed by atoms with E-state index in [4.69, 9.17) is 0 Å². The van der Waals surface area contributed by atoms with Gasteiger partial charge in [0, 0.05) is 5.69 Å². The summed E-state index contributed by atoms with van der Waals surface area (Å²) in [5.74, 6) is -3.19. The molecular formula is C10H7BrF3NO2. The van der Waals surface area contributed by atoms with Gasteiger partial charge in [0.05, 0.1) is 0 Å². The predicted molar refractivity (Wildman–Crippen MR) is 58.8 cm³/mol. The van der Waals surface area contributed by atoms with E-state index in [-0.39, 0.29) is 0 Å². The van der Waals surface area contributed by atoms with E-state index >= 15 is 0 Å². The number of halogens is 4. The van der Waals surface area contributed by atoms with E-state index in [0.29, 0.717) is 5.69 Å². The molecule has 0 aliphatic rings. The Morgan fingerprint density at radius 1 is 1.18 bits per heavy atom. The first kappa shape index (κ1) is 13.7. The van der Waals surface area contributed by atoms with Crippen LogP contribution in [-0.2, 0) is 9.59 Å². The second-order valence-electron chi connectivity index (χ2n) is 3.08. The van der Waals surface area contributed by atoms with Crippen molar-refractivity contribution in [2.45, 2.75) is 11.0 Å². The van der Waals surface area contributed by atoms with Crippen molar-refractivity contribution in [3.05, 3.63) is 30.3 Å². The maximum atomic E-state index is 12.0. The van der Waals surface area contributed by atoms with Gasteiger partial charge in [0.2, 0.25) is 5.91 Å². The molecule has 7 heteroatoms. The first-order chi connectivity index (χ1) is 7.82. The molecule has 1 amide bonds. The third kappa shape index (κ3) is 3.85. The predicted octanol–water partition coefficient (Wildman–Crippen LogP) is 2.52.